The van der Waals surface area contributed by atoms with Crippen molar-refractivity contribution in [2.45, 2.75) is 25.5 Å². The lowest BCUT2D eigenvalue weighted by molar-refractivity contribution is -0.0498. The number of ether oxygens (including phenoxy) is 1. The molecular formula is C20H25F2N3O3S. The summed E-state index contributed by atoms with van der Waals surface area (Å²) in [5, 5.41) is 3.24. The van der Waals surface area contributed by atoms with Crippen LogP contribution in [0.25, 0.3) is 0 Å². The van der Waals surface area contributed by atoms with Crippen LogP contribution in [-0.4, -0.2) is 46.2 Å². The summed E-state index contributed by atoms with van der Waals surface area (Å²) in [5.41, 5.74) is 2.66. The number of alkyl halides is 2. The maximum absolute atomic E-state index is 12.2. The van der Waals surface area contributed by atoms with Gasteiger partial charge in [-0.05, 0) is 28.8 Å². The van der Waals surface area contributed by atoms with Crippen LogP contribution in [0.5, 0.6) is 5.75 Å². The first kappa shape index (κ1) is 22.6. The van der Waals surface area contributed by atoms with Crippen molar-refractivity contribution in [1.29, 1.82) is 0 Å². The molecule has 0 spiro atoms. The molecule has 0 radical (unpaired) electrons. The van der Waals surface area contributed by atoms with Crippen molar-refractivity contribution in [2.75, 3.05) is 20.4 Å². The second-order valence-corrected chi connectivity index (χ2v) is 8.81. The van der Waals surface area contributed by atoms with E-state index < -0.39 is 16.4 Å². The monoisotopic (exact) mass is 425 g/mol. The summed E-state index contributed by atoms with van der Waals surface area (Å²) in [5.74, 6) is 0.804. The number of rotatable bonds is 8. The van der Waals surface area contributed by atoms with Crippen LogP contribution in [-0.2, 0) is 28.7 Å². The highest BCUT2D eigenvalue weighted by Gasteiger charge is 2.09. The summed E-state index contributed by atoms with van der Waals surface area (Å²) in [7, 11) is 0.487. The standard InChI is InChI=1S/C20H25F2N3O3S/c1-23-20(24-12-15-4-6-17(7-5-15)14-29(3,26)27)25(2)13-16-8-10-18(11-9-16)28-19(21)22/h4-11,19H,12-14H2,1-3H3,(H,23,24). The van der Waals surface area contributed by atoms with E-state index in [0.717, 1.165) is 16.7 Å². The van der Waals surface area contributed by atoms with E-state index in [0.29, 0.717) is 19.0 Å². The van der Waals surface area contributed by atoms with Crippen LogP contribution in [0.15, 0.2) is 53.5 Å². The molecule has 0 heterocycles. The zero-order valence-corrected chi connectivity index (χ0v) is 17.4. The minimum absolute atomic E-state index is 0.0201. The number of halogens is 2. The third-order valence-corrected chi connectivity index (χ3v) is 4.90. The van der Waals surface area contributed by atoms with Gasteiger partial charge in [0, 0.05) is 33.4 Å². The van der Waals surface area contributed by atoms with Gasteiger partial charge in [-0.3, -0.25) is 4.99 Å². The lowest BCUT2D eigenvalue weighted by Crippen LogP contribution is -2.38. The van der Waals surface area contributed by atoms with E-state index in [-0.39, 0.29) is 11.5 Å². The highest BCUT2D eigenvalue weighted by molar-refractivity contribution is 7.89. The molecule has 0 aliphatic rings. The number of hydrogen-bond acceptors (Lipinski definition) is 4. The van der Waals surface area contributed by atoms with Crippen LogP contribution in [0, 0.1) is 0 Å². The minimum atomic E-state index is -3.06. The zero-order valence-electron chi connectivity index (χ0n) is 16.6. The maximum Gasteiger partial charge on any atom is 0.387 e. The van der Waals surface area contributed by atoms with Crippen molar-refractivity contribution in [2.24, 2.45) is 4.99 Å². The van der Waals surface area contributed by atoms with Gasteiger partial charge in [0.1, 0.15) is 5.75 Å². The fraction of sp³-hybridized carbons (Fsp3) is 0.350. The van der Waals surface area contributed by atoms with Gasteiger partial charge in [-0.15, -0.1) is 0 Å². The largest absolute Gasteiger partial charge is 0.435 e. The average molecular weight is 426 g/mol. The van der Waals surface area contributed by atoms with Crippen molar-refractivity contribution in [1.82, 2.24) is 10.2 Å². The van der Waals surface area contributed by atoms with Crippen molar-refractivity contribution in [3.8, 4) is 5.75 Å². The predicted molar refractivity (Wildman–Crippen MR) is 110 cm³/mol. The molecule has 0 aromatic heterocycles. The molecule has 29 heavy (non-hydrogen) atoms. The number of nitrogens with one attached hydrogen (secondary N) is 1. The summed E-state index contributed by atoms with van der Waals surface area (Å²) in [6.07, 6.45) is 1.21. The SMILES string of the molecule is CN=C(NCc1ccc(CS(C)(=O)=O)cc1)N(C)Cc1ccc(OC(F)F)cc1. The number of aliphatic imine (C=N–C) groups is 1. The highest BCUT2D eigenvalue weighted by Crippen LogP contribution is 2.16. The quantitative estimate of drug-likeness (QED) is 0.520. The minimum Gasteiger partial charge on any atom is -0.435 e. The molecule has 158 valence electrons. The van der Waals surface area contributed by atoms with E-state index >= 15 is 0 Å². The molecule has 0 amide bonds. The Morgan fingerprint density at radius 1 is 1.07 bits per heavy atom. The van der Waals surface area contributed by atoms with E-state index in [4.69, 9.17) is 0 Å². The molecule has 0 aliphatic heterocycles. The first-order chi connectivity index (χ1) is 13.7. The normalized spacial score (nSPS) is 12.1. The molecule has 0 bridgehead atoms. The third kappa shape index (κ3) is 8.06. The Hall–Kier alpha value is -2.68. The van der Waals surface area contributed by atoms with Gasteiger partial charge in [0.2, 0.25) is 0 Å². The van der Waals surface area contributed by atoms with Gasteiger partial charge in [-0.1, -0.05) is 36.4 Å². The average Bonchev–Trinajstić information content (AvgIpc) is 2.63. The number of nitrogens with zero attached hydrogens (tertiary/aromatic N) is 2. The van der Waals surface area contributed by atoms with Crippen molar-refractivity contribution < 1.29 is 21.9 Å². The molecule has 0 unspecified atom stereocenters. The Morgan fingerprint density at radius 3 is 2.14 bits per heavy atom. The predicted octanol–water partition coefficient (Wildman–Crippen LogP) is 3.04. The summed E-state index contributed by atoms with van der Waals surface area (Å²) in [6, 6.07) is 13.8. The van der Waals surface area contributed by atoms with Crippen LogP contribution in [0.4, 0.5) is 8.78 Å². The molecule has 9 heteroatoms. The van der Waals surface area contributed by atoms with E-state index in [9.17, 15) is 17.2 Å². The molecular weight excluding hydrogens is 400 g/mol. The molecule has 0 fully saturated rings. The lowest BCUT2D eigenvalue weighted by atomic mass is 10.1. The molecule has 1 N–H and O–H groups in total. The second-order valence-electron chi connectivity index (χ2n) is 6.67. The third-order valence-electron chi connectivity index (χ3n) is 4.04. The van der Waals surface area contributed by atoms with Crippen LogP contribution in [0.3, 0.4) is 0 Å². The molecule has 2 rings (SSSR count). The zero-order chi connectivity index (χ0) is 21.4. The lowest BCUT2D eigenvalue weighted by Gasteiger charge is -2.22. The highest BCUT2D eigenvalue weighted by atomic mass is 32.2. The molecule has 0 saturated carbocycles. The van der Waals surface area contributed by atoms with E-state index in [2.05, 4.69) is 15.0 Å². The second kappa shape index (κ2) is 10.2. The van der Waals surface area contributed by atoms with E-state index in [1.54, 1.807) is 31.3 Å². The van der Waals surface area contributed by atoms with Crippen LogP contribution < -0.4 is 10.1 Å². The summed E-state index contributed by atoms with van der Waals surface area (Å²) >= 11 is 0. The summed E-state index contributed by atoms with van der Waals surface area (Å²) in [6.45, 7) is -1.79. The number of guanidine groups is 1. The maximum atomic E-state index is 12.2. The van der Waals surface area contributed by atoms with Gasteiger partial charge >= 0.3 is 6.61 Å². The van der Waals surface area contributed by atoms with Crippen molar-refractivity contribution >= 4 is 15.8 Å². The fourth-order valence-electron chi connectivity index (χ4n) is 2.75. The van der Waals surface area contributed by atoms with Gasteiger partial charge in [-0.2, -0.15) is 8.78 Å². The summed E-state index contributed by atoms with van der Waals surface area (Å²) < 4.78 is 51.5. The first-order valence-electron chi connectivity index (χ1n) is 8.87. The smallest absolute Gasteiger partial charge is 0.387 e. The molecule has 0 aliphatic carbocycles. The Kier molecular flexibility index (Phi) is 7.95. The van der Waals surface area contributed by atoms with Crippen molar-refractivity contribution in [3.63, 3.8) is 0 Å². The van der Waals surface area contributed by atoms with E-state index in [1.165, 1.54) is 18.4 Å². The Labute approximate surface area is 170 Å². The Morgan fingerprint density at radius 2 is 1.62 bits per heavy atom. The molecule has 0 atom stereocenters. The van der Waals surface area contributed by atoms with Gasteiger partial charge in [0.15, 0.2) is 15.8 Å². The van der Waals surface area contributed by atoms with Crippen LogP contribution >= 0.6 is 0 Å². The molecule has 2 aromatic carbocycles. The van der Waals surface area contributed by atoms with Gasteiger partial charge in [-0.25, -0.2) is 8.42 Å². The molecule has 2 aromatic rings. The molecule has 0 saturated heterocycles. The Balaban J connectivity index is 1.90. The van der Waals surface area contributed by atoms with Gasteiger partial charge in [0.25, 0.3) is 0 Å². The number of hydrogen-bond donors (Lipinski definition) is 1. The van der Waals surface area contributed by atoms with Crippen LogP contribution in [0.2, 0.25) is 0 Å². The summed E-state index contributed by atoms with van der Waals surface area (Å²) in [4.78, 5) is 6.15. The Bertz CT molecular complexity index is 915. The number of sulfone groups is 1. The number of benzene rings is 2. The van der Waals surface area contributed by atoms with Crippen LogP contribution in [0.1, 0.15) is 16.7 Å². The topological polar surface area (TPSA) is 71.0 Å². The van der Waals surface area contributed by atoms with Gasteiger partial charge in [0.05, 0.1) is 5.75 Å². The fourth-order valence-corrected chi connectivity index (χ4v) is 3.54. The molecule has 6 nitrogen and oxygen atoms in total. The van der Waals surface area contributed by atoms with Gasteiger partial charge < -0.3 is 15.0 Å². The van der Waals surface area contributed by atoms with Crippen molar-refractivity contribution in [3.05, 3.63) is 65.2 Å². The van der Waals surface area contributed by atoms with E-state index in [1.807, 2.05) is 24.1 Å². The first-order valence-corrected chi connectivity index (χ1v) is 10.9.